The van der Waals surface area contributed by atoms with Crippen molar-refractivity contribution in [3.63, 3.8) is 0 Å². The molecule has 1 fully saturated rings. The summed E-state index contributed by atoms with van der Waals surface area (Å²) in [6, 6.07) is 17.0. The maximum Gasteiger partial charge on any atom is 0.0595 e. The SMILES string of the molecule is CNCC(CCN1CCC(Cc2ccccc2)CC1)c1ccc(Cl)c(Cl)c1. The molecule has 1 heterocycles. The molecule has 1 unspecified atom stereocenters. The van der Waals surface area contributed by atoms with Crippen molar-refractivity contribution in [2.45, 2.75) is 31.6 Å². The van der Waals surface area contributed by atoms with Crippen LogP contribution in [0.15, 0.2) is 48.5 Å². The molecule has 0 saturated carbocycles. The van der Waals surface area contributed by atoms with Crippen molar-refractivity contribution < 1.29 is 0 Å². The molecule has 2 aromatic carbocycles. The molecular weight excluding hydrogens is 375 g/mol. The van der Waals surface area contributed by atoms with Crippen LogP contribution in [0, 0.1) is 5.92 Å². The second-order valence-corrected chi connectivity index (χ2v) is 8.51. The fraction of sp³-hybridized carbons (Fsp3) is 0.478. The van der Waals surface area contributed by atoms with Gasteiger partial charge in [-0.3, -0.25) is 0 Å². The molecule has 0 spiro atoms. The van der Waals surface area contributed by atoms with Crippen molar-refractivity contribution in [1.82, 2.24) is 10.2 Å². The number of nitrogens with zero attached hydrogens (tertiary/aromatic N) is 1. The average Bonchev–Trinajstić information content (AvgIpc) is 2.69. The van der Waals surface area contributed by atoms with Crippen LogP contribution in [0.4, 0.5) is 0 Å². The first-order chi connectivity index (χ1) is 13.2. The normalized spacial score (nSPS) is 17.1. The number of hydrogen-bond donors (Lipinski definition) is 1. The third kappa shape index (κ3) is 6.22. The van der Waals surface area contributed by atoms with Crippen LogP contribution >= 0.6 is 23.2 Å². The van der Waals surface area contributed by atoms with Gasteiger partial charge in [-0.05, 0) is 87.5 Å². The lowest BCUT2D eigenvalue weighted by Crippen LogP contribution is -2.36. The Morgan fingerprint density at radius 2 is 1.78 bits per heavy atom. The number of halogens is 2. The van der Waals surface area contributed by atoms with Gasteiger partial charge in [-0.25, -0.2) is 0 Å². The number of nitrogens with one attached hydrogen (secondary N) is 1. The van der Waals surface area contributed by atoms with Crippen LogP contribution < -0.4 is 5.32 Å². The van der Waals surface area contributed by atoms with Gasteiger partial charge in [-0.1, -0.05) is 59.6 Å². The largest absolute Gasteiger partial charge is 0.319 e. The Morgan fingerprint density at radius 1 is 1.04 bits per heavy atom. The quantitative estimate of drug-likeness (QED) is 0.611. The Hall–Kier alpha value is -1.06. The first-order valence-electron chi connectivity index (χ1n) is 10.0. The predicted octanol–water partition coefficient (Wildman–Crippen LogP) is 5.64. The number of piperidine rings is 1. The lowest BCUT2D eigenvalue weighted by atomic mass is 9.89. The predicted molar refractivity (Wildman–Crippen MR) is 117 cm³/mol. The zero-order valence-electron chi connectivity index (χ0n) is 16.1. The van der Waals surface area contributed by atoms with Gasteiger partial charge in [0.2, 0.25) is 0 Å². The molecule has 0 amide bonds. The maximum absolute atomic E-state index is 6.23. The molecule has 0 aliphatic carbocycles. The van der Waals surface area contributed by atoms with Crippen molar-refractivity contribution in [2.24, 2.45) is 5.92 Å². The van der Waals surface area contributed by atoms with Gasteiger partial charge in [-0.15, -0.1) is 0 Å². The van der Waals surface area contributed by atoms with Gasteiger partial charge in [0.25, 0.3) is 0 Å². The van der Waals surface area contributed by atoms with Gasteiger partial charge in [0.1, 0.15) is 0 Å². The van der Waals surface area contributed by atoms with E-state index in [-0.39, 0.29) is 0 Å². The van der Waals surface area contributed by atoms with E-state index >= 15 is 0 Å². The molecule has 2 nitrogen and oxygen atoms in total. The molecule has 4 heteroatoms. The summed E-state index contributed by atoms with van der Waals surface area (Å²) in [7, 11) is 2.01. The number of benzene rings is 2. The maximum atomic E-state index is 6.23. The fourth-order valence-corrected chi connectivity index (χ4v) is 4.41. The molecular formula is C23H30Cl2N2. The molecule has 0 aromatic heterocycles. The lowest BCUT2D eigenvalue weighted by molar-refractivity contribution is 0.178. The number of rotatable bonds is 8. The molecule has 1 aliphatic rings. The van der Waals surface area contributed by atoms with Gasteiger partial charge < -0.3 is 10.2 Å². The summed E-state index contributed by atoms with van der Waals surface area (Å²) in [6.07, 6.45) is 4.97. The first kappa shape index (κ1) is 20.7. The van der Waals surface area contributed by atoms with Crippen LogP contribution in [-0.2, 0) is 6.42 Å². The first-order valence-corrected chi connectivity index (χ1v) is 10.8. The highest BCUT2D eigenvalue weighted by atomic mass is 35.5. The van der Waals surface area contributed by atoms with Gasteiger partial charge in [0, 0.05) is 6.54 Å². The van der Waals surface area contributed by atoms with E-state index in [2.05, 4.69) is 46.6 Å². The van der Waals surface area contributed by atoms with E-state index in [4.69, 9.17) is 23.2 Å². The summed E-state index contributed by atoms with van der Waals surface area (Å²) < 4.78 is 0. The van der Waals surface area contributed by atoms with E-state index in [0.717, 1.165) is 25.4 Å². The summed E-state index contributed by atoms with van der Waals surface area (Å²) in [4.78, 5) is 2.63. The van der Waals surface area contributed by atoms with Crippen molar-refractivity contribution in [2.75, 3.05) is 33.2 Å². The third-order valence-electron chi connectivity index (χ3n) is 5.73. The summed E-state index contributed by atoms with van der Waals surface area (Å²) in [5, 5.41) is 4.61. The zero-order valence-corrected chi connectivity index (χ0v) is 17.6. The van der Waals surface area contributed by atoms with Crippen molar-refractivity contribution in [1.29, 1.82) is 0 Å². The molecule has 1 N–H and O–H groups in total. The molecule has 2 aromatic rings. The lowest BCUT2D eigenvalue weighted by Gasteiger charge is -2.33. The fourth-order valence-electron chi connectivity index (χ4n) is 4.10. The third-order valence-corrected chi connectivity index (χ3v) is 6.47. The van der Waals surface area contributed by atoms with Crippen LogP contribution in [0.3, 0.4) is 0 Å². The second kappa shape index (κ2) is 10.5. The molecule has 1 aliphatic heterocycles. The summed E-state index contributed by atoms with van der Waals surface area (Å²) >= 11 is 12.3. The zero-order chi connectivity index (χ0) is 19.1. The standard InChI is InChI=1S/C23H30Cl2N2/c1-26-17-21(20-7-8-22(24)23(25)16-20)11-14-27-12-9-19(10-13-27)15-18-5-3-2-4-6-18/h2-8,16,19,21,26H,9-15,17H2,1H3. The molecule has 1 saturated heterocycles. The van der Waals surface area contributed by atoms with Gasteiger partial charge in [-0.2, -0.15) is 0 Å². The Bertz CT molecular complexity index is 697. The minimum atomic E-state index is 0.465. The minimum absolute atomic E-state index is 0.465. The van der Waals surface area contributed by atoms with E-state index in [0.29, 0.717) is 16.0 Å². The highest BCUT2D eigenvalue weighted by Gasteiger charge is 2.21. The van der Waals surface area contributed by atoms with Crippen molar-refractivity contribution >= 4 is 23.2 Å². The van der Waals surface area contributed by atoms with E-state index in [1.165, 1.54) is 43.5 Å². The Morgan fingerprint density at radius 3 is 2.44 bits per heavy atom. The number of likely N-dealkylation sites (tertiary alicyclic amines) is 1. The molecule has 27 heavy (non-hydrogen) atoms. The van der Waals surface area contributed by atoms with Crippen LogP contribution in [0.1, 0.15) is 36.3 Å². The monoisotopic (exact) mass is 404 g/mol. The molecule has 0 radical (unpaired) electrons. The molecule has 3 rings (SSSR count). The van der Waals surface area contributed by atoms with Crippen molar-refractivity contribution in [3.8, 4) is 0 Å². The van der Waals surface area contributed by atoms with Crippen LogP contribution in [0.25, 0.3) is 0 Å². The van der Waals surface area contributed by atoms with E-state index in [1.807, 2.05) is 19.2 Å². The van der Waals surface area contributed by atoms with Gasteiger partial charge in [0.05, 0.1) is 10.0 Å². The van der Waals surface area contributed by atoms with Crippen LogP contribution in [-0.4, -0.2) is 38.1 Å². The Balaban J connectivity index is 1.48. The average molecular weight is 405 g/mol. The summed E-state index contributed by atoms with van der Waals surface area (Å²) in [5.41, 5.74) is 2.75. The molecule has 1 atom stereocenters. The van der Waals surface area contributed by atoms with E-state index in [9.17, 15) is 0 Å². The smallest absolute Gasteiger partial charge is 0.0595 e. The number of hydrogen-bond acceptors (Lipinski definition) is 2. The summed E-state index contributed by atoms with van der Waals surface area (Å²) in [6.45, 7) is 4.53. The minimum Gasteiger partial charge on any atom is -0.319 e. The van der Waals surface area contributed by atoms with Crippen LogP contribution in [0.5, 0.6) is 0 Å². The topological polar surface area (TPSA) is 15.3 Å². The molecule has 0 bridgehead atoms. The number of likely N-dealkylation sites (N-methyl/N-ethyl adjacent to an activating group) is 1. The van der Waals surface area contributed by atoms with E-state index in [1.54, 1.807) is 0 Å². The molecule has 146 valence electrons. The summed E-state index contributed by atoms with van der Waals surface area (Å²) in [5.74, 6) is 1.29. The Kier molecular flexibility index (Phi) is 8.02. The van der Waals surface area contributed by atoms with Crippen LogP contribution in [0.2, 0.25) is 10.0 Å². The second-order valence-electron chi connectivity index (χ2n) is 7.69. The highest BCUT2D eigenvalue weighted by molar-refractivity contribution is 6.42. The highest BCUT2D eigenvalue weighted by Crippen LogP contribution is 2.29. The van der Waals surface area contributed by atoms with Crippen molar-refractivity contribution in [3.05, 3.63) is 69.7 Å². The van der Waals surface area contributed by atoms with Gasteiger partial charge in [0.15, 0.2) is 0 Å². The van der Waals surface area contributed by atoms with Gasteiger partial charge >= 0.3 is 0 Å². The van der Waals surface area contributed by atoms with E-state index < -0.39 is 0 Å². The Labute approximate surface area is 173 Å².